The molecule has 1 aliphatic carbocycles. The minimum atomic E-state index is -1.27. The van der Waals surface area contributed by atoms with E-state index < -0.39 is 28.8 Å². The van der Waals surface area contributed by atoms with Gasteiger partial charge in [0.2, 0.25) is 0 Å². The van der Waals surface area contributed by atoms with Crippen molar-refractivity contribution >= 4 is 11.9 Å². The third kappa shape index (κ3) is 2.78. The lowest BCUT2D eigenvalue weighted by Crippen LogP contribution is -2.59. The molecule has 0 aliphatic heterocycles. The standard InChI is InChI=1S/C16H14FN3O4/c17-10-2-4-11(5-3-10)20-13(21)7-6-12(19-20)14(22)18-16(15(23)24)8-1-9-16/h2-7H,1,8-9H2,(H,18,22)(H,23,24). The topological polar surface area (TPSA) is 101 Å². The number of hydrogen-bond acceptors (Lipinski definition) is 4. The van der Waals surface area contributed by atoms with Gasteiger partial charge in [0.25, 0.3) is 11.5 Å². The number of rotatable bonds is 4. The van der Waals surface area contributed by atoms with Crippen LogP contribution < -0.4 is 10.9 Å². The second kappa shape index (κ2) is 5.88. The van der Waals surface area contributed by atoms with Crippen molar-refractivity contribution in [1.29, 1.82) is 0 Å². The maximum atomic E-state index is 13.0. The molecule has 0 unspecified atom stereocenters. The molecule has 1 aliphatic rings. The van der Waals surface area contributed by atoms with Gasteiger partial charge in [-0.1, -0.05) is 0 Å². The van der Waals surface area contributed by atoms with Gasteiger partial charge in [0.1, 0.15) is 17.1 Å². The Hall–Kier alpha value is -3.03. The van der Waals surface area contributed by atoms with E-state index in [0.717, 1.165) is 17.2 Å². The number of carboxylic acid groups (broad SMARTS) is 1. The quantitative estimate of drug-likeness (QED) is 0.874. The number of hydrogen-bond donors (Lipinski definition) is 2. The number of aliphatic carboxylic acids is 1. The van der Waals surface area contributed by atoms with Crippen LogP contribution in [-0.4, -0.2) is 32.3 Å². The zero-order chi connectivity index (χ0) is 17.3. The largest absolute Gasteiger partial charge is 0.480 e. The van der Waals surface area contributed by atoms with Crippen molar-refractivity contribution in [3.8, 4) is 5.69 Å². The number of nitrogens with one attached hydrogen (secondary N) is 1. The highest BCUT2D eigenvalue weighted by molar-refractivity contribution is 5.96. The summed E-state index contributed by atoms with van der Waals surface area (Å²) >= 11 is 0. The fraction of sp³-hybridized carbons (Fsp3) is 0.250. The molecule has 2 N–H and O–H groups in total. The van der Waals surface area contributed by atoms with E-state index in [-0.39, 0.29) is 5.69 Å². The first-order chi connectivity index (χ1) is 11.4. The van der Waals surface area contributed by atoms with E-state index in [0.29, 0.717) is 18.5 Å². The summed E-state index contributed by atoms with van der Waals surface area (Å²) in [6.45, 7) is 0. The summed E-state index contributed by atoms with van der Waals surface area (Å²) in [6.07, 6.45) is 1.42. The van der Waals surface area contributed by atoms with Crippen LogP contribution in [0.4, 0.5) is 4.39 Å². The lowest BCUT2D eigenvalue weighted by molar-refractivity contribution is -0.148. The Labute approximate surface area is 135 Å². The van der Waals surface area contributed by atoms with E-state index in [1.807, 2.05) is 0 Å². The first-order valence-corrected chi connectivity index (χ1v) is 7.33. The molecule has 1 aromatic carbocycles. The Morgan fingerprint density at radius 1 is 1.17 bits per heavy atom. The number of aromatic nitrogens is 2. The van der Waals surface area contributed by atoms with Crippen molar-refractivity contribution in [2.24, 2.45) is 0 Å². The highest BCUT2D eigenvalue weighted by Gasteiger charge is 2.46. The maximum Gasteiger partial charge on any atom is 0.329 e. The lowest BCUT2D eigenvalue weighted by Gasteiger charge is -2.38. The smallest absolute Gasteiger partial charge is 0.329 e. The number of halogens is 1. The predicted octanol–water partition coefficient (Wildman–Crippen LogP) is 1.11. The van der Waals surface area contributed by atoms with Gasteiger partial charge in [0, 0.05) is 6.07 Å². The second-order valence-corrected chi connectivity index (χ2v) is 5.64. The molecule has 0 radical (unpaired) electrons. The van der Waals surface area contributed by atoms with Gasteiger partial charge in [-0.25, -0.2) is 9.18 Å². The Kier molecular flexibility index (Phi) is 3.88. The van der Waals surface area contributed by atoms with E-state index in [9.17, 15) is 23.9 Å². The Morgan fingerprint density at radius 3 is 2.38 bits per heavy atom. The monoisotopic (exact) mass is 331 g/mol. The van der Waals surface area contributed by atoms with E-state index in [2.05, 4.69) is 10.4 Å². The molecule has 1 amide bonds. The van der Waals surface area contributed by atoms with Crippen molar-refractivity contribution < 1.29 is 19.1 Å². The van der Waals surface area contributed by atoms with Crippen LogP contribution in [0.2, 0.25) is 0 Å². The summed E-state index contributed by atoms with van der Waals surface area (Å²) in [7, 11) is 0. The minimum absolute atomic E-state index is 0.0912. The molecule has 8 heteroatoms. The maximum absolute atomic E-state index is 13.0. The van der Waals surface area contributed by atoms with Gasteiger partial charge in [-0.15, -0.1) is 0 Å². The van der Waals surface area contributed by atoms with Crippen LogP contribution >= 0.6 is 0 Å². The van der Waals surface area contributed by atoms with Gasteiger partial charge in [0.15, 0.2) is 0 Å². The molecule has 2 aromatic rings. The number of nitrogens with zero attached hydrogens (tertiary/aromatic N) is 2. The van der Waals surface area contributed by atoms with Crippen LogP contribution in [0, 0.1) is 5.82 Å². The first kappa shape index (κ1) is 15.9. The average Bonchev–Trinajstić information content (AvgIpc) is 2.51. The van der Waals surface area contributed by atoms with Gasteiger partial charge in [-0.3, -0.25) is 9.59 Å². The van der Waals surface area contributed by atoms with Crippen molar-refractivity contribution in [2.75, 3.05) is 0 Å². The number of carbonyl (C=O) groups is 2. The van der Waals surface area contributed by atoms with E-state index in [4.69, 9.17) is 0 Å². The summed E-state index contributed by atoms with van der Waals surface area (Å²) in [5.41, 5.74) is -1.55. The molecule has 0 atom stereocenters. The molecule has 0 saturated heterocycles. The van der Waals surface area contributed by atoms with Crippen molar-refractivity contribution in [2.45, 2.75) is 24.8 Å². The Balaban J connectivity index is 1.91. The average molecular weight is 331 g/mol. The van der Waals surface area contributed by atoms with Gasteiger partial charge >= 0.3 is 5.97 Å². The van der Waals surface area contributed by atoms with Crippen LogP contribution in [0.3, 0.4) is 0 Å². The van der Waals surface area contributed by atoms with Crippen LogP contribution in [0.5, 0.6) is 0 Å². The molecule has 7 nitrogen and oxygen atoms in total. The minimum Gasteiger partial charge on any atom is -0.480 e. The summed E-state index contributed by atoms with van der Waals surface area (Å²) in [5, 5.41) is 15.7. The predicted molar refractivity (Wildman–Crippen MR) is 81.5 cm³/mol. The third-order valence-corrected chi connectivity index (χ3v) is 4.07. The Morgan fingerprint density at radius 2 is 1.83 bits per heavy atom. The van der Waals surface area contributed by atoms with Gasteiger partial charge in [-0.2, -0.15) is 9.78 Å². The van der Waals surface area contributed by atoms with Crippen LogP contribution in [0.25, 0.3) is 5.69 Å². The molecule has 0 bridgehead atoms. The highest BCUT2D eigenvalue weighted by Crippen LogP contribution is 2.32. The van der Waals surface area contributed by atoms with Crippen molar-refractivity contribution in [3.05, 3.63) is 58.3 Å². The lowest BCUT2D eigenvalue weighted by atomic mass is 9.76. The summed E-state index contributed by atoms with van der Waals surface area (Å²) in [5.74, 6) is -2.23. The molecular weight excluding hydrogens is 317 g/mol. The fourth-order valence-corrected chi connectivity index (χ4v) is 2.50. The molecule has 1 aromatic heterocycles. The first-order valence-electron chi connectivity index (χ1n) is 7.33. The highest BCUT2D eigenvalue weighted by atomic mass is 19.1. The zero-order valence-electron chi connectivity index (χ0n) is 12.5. The molecule has 124 valence electrons. The molecule has 3 rings (SSSR count). The second-order valence-electron chi connectivity index (χ2n) is 5.64. The van der Waals surface area contributed by atoms with Gasteiger partial charge in [0.05, 0.1) is 5.69 Å². The van der Waals surface area contributed by atoms with Crippen LogP contribution in [0.15, 0.2) is 41.2 Å². The van der Waals surface area contributed by atoms with E-state index in [1.165, 1.54) is 30.3 Å². The normalized spacial score (nSPS) is 15.4. The summed E-state index contributed by atoms with van der Waals surface area (Å²) in [6, 6.07) is 7.44. The third-order valence-electron chi connectivity index (χ3n) is 4.07. The number of amides is 1. The van der Waals surface area contributed by atoms with Crippen molar-refractivity contribution in [1.82, 2.24) is 15.1 Å². The van der Waals surface area contributed by atoms with Crippen LogP contribution in [-0.2, 0) is 4.79 Å². The molecular formula is C16H14FN3O4. The molecule has 1 heterocycles. The molecule has 1 saturated carbocycles. The summed E-state index contributed by atoms with van der Waals surface area (Å²) in [4.78, 5) is 35.5. The molecule has 24 heavy (non-hydrogen) atoms. The fourth-order valence-electron chi connectivity index (χ4n) is 2.50. The zero-order valence-corrected chi connectivity index (χ0v) is 12.5. The van der Waals surface area contributed by atoms with Gasteiger partial charge < -0.3 is 10.4 Å². The van der Waals surface area contributed by atoms with E-state index in [1.54, 1.807) is 0 Å². The number of carbonyl (C=O) groups excluding carboxylic acids is 1. The molecule has 1 fully saturated rings. The number of carboxylic acids is 1. The SMILES string of the molecule is O=C(NC1(C(=O)O)CCC1)c1ccc(=O)n(-c2ccc(F)cc2)n1. The van der Waals surface area contributed by atoms with E-state index >= 15 is 0 Å². The van der Waals surface area contributed by atoms with Crippen molar-refractivity contribution in [3.63, 3.8) is 0 Å². The Bertz CT molecular complexity index is 856. The van der Waals surface area contributed by atoms with Gasteiger partial charge in [-0.05, 0) is 49.6 Å². The summed E-state index contributed by atoms with van der Waals surface area (Å²) < 4.78 is 14.0. The van der Waals surface area contributed by atoms with Crippen LogP contribution in [0.1, 0.15) is 29.8 Å². The number of benzene rings is 1. The molecule has 0 spiro atoms.